The van der Waals surface area contributed by atoms with E-state index in [0.717, 1.165) is 23.7 Å². The topological polar surface area (TPSA) is 0 Å². The first-order valence-corrected chi connectivity index (χ1v) is 11.1. The lowest BCUT2D eigenvalue weighted by Gasteiger charge is -2.37. The van der Waals surface area contributed by atoms with Gasteiger partial charge in [-0.1, -0.05) is 70.4 Å². The van der Waals surface area contributed by atoms with Gasteiger partial charge in [0.2, 0.25) is 0 Å². The zero-order valence-corrected chi connectivity index (χ0v) is 16.2. The Morgan fingerprint density at radius 3 is 2.04 bits per heavy atom. The molecule has 0 unspecified atom stereocenters. The van der Waals surface area contributed by atoms with Crippen LogP contribution in [0.5, 0.6) is 0 Å². The van der Waals surface area contributed by atoms with Crippen molar-refractivity contribution in [1.29, 1.82) is 0 Å². The molecule has 0 saturated heterocycles. The molecule has 0 nitrogen and oxygen atoms in total. The molecule has 2 fully saturated rings. The molecule has 0 radical (unpaired) electrons. The third-order valence-corrected chi connectivity index (χ3v) is 6.77. The van der Waals surface area contributed by atoms with Gasteiger partial charge in [0, 0.05) is 0 Å². The second kappa shape index (κ2) is 12.1. The molecule has 0 aromatic rings. The van der Waals surface area contributed by atoms with Gasteiger partial charge in [-0.25, -0.2) is 0 Å². The Morgan fingerprint density at radius 2 is 1.42 bits per heavy atom. The summed E-state index contributed by atoms with van der Waals surface area (Å²) in [6.07, 6.45) is 25.3. The highest BCUT2D eigenvalue weighted by Crippen LogP contribution is 2.42. The monoisotopic (exact) mass is 336 g/mol. The summed E-state index contributed by atoms with van der Waals surface area (Å²) >= 11 is 0. The maximum absolute atomic E-state index is 12.2. The average molecular weight is 337 g/mol. The van der Waals surface area contributed by atoms with Gasteiger partial charge in [0.05, 0.1) is 6.67 Å². The fourth-order valence-corrected chi connectivity index (χ4v) is 5.15. The van der Waals surface area contributed by atoms with Gasteiger partial charge in [-0.2, -0.15) is 0 Å². The molecule has 1 heteroatoms. The Kier molecular flexibility index (Phi) is 10.1. The van der Waals surface area contributed by atoms with Gasteiger partial charge in [0.15, 0.2) is 0 Å². The molecular formula is C23H41F. The second-order valence-electron chi connectivity index (χ2n) is 8.56. The molecule has 0 amide bonds. The van der Waals surface area contributed by atoms with Gasteiger partial charge in [0.1, 0.15) is 0 Å². The van der Waals surface area contributed by atoms with Crippen LogP contribution in [-0.2, 0) is 0 Å². The first-order valence-electron chi connectivity index (χ1n) is 11.1. The van der Waals surface area contributed by atoms with E-state index in [2.05, 4.69) is 19.1 Å². The predicted octanol–water partition coefficient (Wildman–Crippen LogP) is 7.88. The molecule has 0 atom stereocenters. The van der Waals surface area contributed by atoms with Gasteiger partial charge in [-0.15, -0.1) is 0 Å². The summed E-state index contributed by atoms with van der Waals surface area (Å²) in [5.74, 6) is 3.81. The van der Waals surface area contributed by atoms with E-state index in [1.54, 1.807) is 0 Å². The molecule has 2 saturated carbocycles. The van der Waals surface area contributed by atoms with Gasteiger partial charge in [0.25, 0.3) is 0 Å². The zero-order chi connectivity index (χ0) is 17.0. The SMILES string of the molecule is CCCCCCC[C@H]1CC[C@H](C2CCC(/C=C/CCF)CC2)CC1. The van der Waals surface area contributed by atoms with Gasteiger partial charge in [-0.3, -0.25) is 4.39 Å². The number of allylic oxidation sites excluding steroid dienone is 2. The number of alkyl halides is 1. The van der Waals surface area contributed by atoms with E-state index in [9.17, 15) is 4.39 Å². The van der Waals surface area contributed by atoms with Crippen LogP contribution in [0.1, 0.15) is 103 Å². The summed E-state index contributed by atoms with van der Waals surface area (Å²) in [6.45, 7) is 2.10. The van der Waals surface area contributed by atoms with Crippen LogP contribution in [-0.4, -0.2) is 6.67 Å². The fraction of sp³-hybridized carbons (Fsp3) is 0.913. The Bertz CT molecular complexity index is 319. The Hall–Kier alpha value is -0.330. The Labute approximate surface area is 150 Å². The van der Waals surface area contributed by atoms with Gasteiger partial charge in [-0.05, 0) is 68.6 Å². The third-order valence-electron chi connectivity index (χ3n) is 6.77. The molecular weight excluding hydrogens is 295 g/mol. The van der Waals surface area contributed by atoms with Gasteiger partial charge >= 0.3 is 0 Å². The molecule has 0 N–H and O–H groups in total. The van der Waals surface area contributed by atoms with E-state index < -0.39 is 0 Å². The number of hydrogen-bond acceptors (Lipinski definition) is 0. The van der Waals surface area contributed by atoms with Crippen LogP contribution in [0.2, 0.25) is 0 Å². The van der Waals surface area contributed by atoms with Crippen molar-refractivity contribution in [1.82, 2.24) is 0 Å². The zero-order valence-electron chi connectivity index (χ0n) is 16.2. The Morgan fingerprint density at radius 1 is 0.792 bits per heavy atom. The van der Waals surface area contributed by atoms with E-state index in [4.69, 9.17) is 0 Å². The lowest BCUT2D eigenvalue weighted by Crippen LogP contribution is -2.25. The smallest absolute Gasteiger partial charge is 0.0928 e. The van der Waals surface area contributed by atoms with Crippen LogP contribution in [0.15, 0.2) is 12.2 Å². The average Bonchev–Trinajstić information content (AvgIpc) is 2.63. The molecule has 140 valence electrons. The summed E-state index contributed by atoms with van der Waals surface area (Å²) in [5, 5.41) is 0. The first kappa shape index (κ1) is 20.0. The predicted molar refractivity (Wildman–Crippen MR) is 104 cm³/mol. The molecule has 24 heavy (non-hydrogen) atoms. The van der Waals surface area contributed by atoms with E-state index in [0.29, 0.717) is 6.42 Å². The molecule has 0 spiro atoms. The summed E-state index contributed by atoms with van der Waals surface area (Å²) in [4.78, 5) is 0. The van der Waals surface area contributed by atoms with Crippen molar-refractivity contribution in [2.24, 2.45) is 23.7 Å². The van der Waals surface area contributed by atoms with Crippen LogP contribution in [0.4, 0.5) is 4.39 Å². The lowest BCUT2D eigenvalue weighted by molar-refractivity contribution is 0.151. The highest BCUT2D eigenvalue weighted by molar-refractivity contribution is 4.92. The molecule has 0 heterocycles. The standard InChI is InChI=1S/C23H41F/c1-2-3-4-5-6-9-20-11-15-22(16-12-20)23-17-13-21(14-18-23)10-7-8-19-24/h7,10,20-23H,2-6,8-9,11-19H2,1H3/b10-7+/t20-,21?,22-,23?. The van der Waals surface area contributed by atoms with E-state index in [-0.39, 0.29) is 6.67 Å². The number of hydrogen-bond donors (Lipinski definition) is 0. The van der Waals surface area contributed by atoms with Crippen molar-refractivity contribution in [2.75, 3.05) is 6.67 Å². The van der Waals surface area contributed by atoms with E-state index in [1.807, 2.05) is 0 Å². The van der Waals surface area contributed by atoms with Crippen LogP contribution < -0.4 is 0 Å². The van der Waals surface area contributed by atoms with Crippen LogP contribution in [0.3, 0.4) is 0 Å². The van der Waals surface area contributed by atoms with Crippen molar-refractivity contribution in [3.05, 3.63) is 12.2 Å². The molecule has 2 aliphatic rings. The van der Waals surface area contributed by atoms with Crippen molar-refractivity contribution < 1.29 is 4.39 Å². The van der Waals surface area contributed by atoms with E-state index in [1.165, 1.54) is 89.9 Å². The number of unbranched alkanes of at least 4 members (excludes halogenated alkanes) is 4. The minimum atomic E-state index is -0.201. The largest absolute Gasteiger partial charge is 0.251 e. The van der Waals surface area contributed by atoms with Crippen molar-refractivity contribution >= 4 is 0 Å². The minimum absolute atomic E-state index is 0.201. The summed E-state index contributed by atoms with van der Waals surface area (Å²) < 4.78 is 12.2. The molecule has 0 aromatic carbocycles. The summed E-state index contributed by atoms with van der Waals surface area (Å²) in [6, 6.07) is 0. The first-order chi connectivity index (χ1) is 11.8. The van der Waals surface area contributed by atoms with Crippen molar-refractivity contribution in [3.63, 3.8) is 0 Å². The van der Waals surface area contributed by atoms with Crippen LogP contribution >= 0.6 is 0 Å². The van der Waals surface area contributed by atoms with E-state index >= 15 is 0 Å². The van der Waals surface area contributed by atoms with Crippen molar-refractivity contribution in [2.45, 2.75) is 103 Å². The highest BCUT2D eigenvalue weighted by Gasteiger charge is 2.30. The van der Waals surface area contributed by atoms with Crippen molar-refractivity contribution in [3.8, 4) is 0 Å². The Balaban J connectivity index is 1.56. The third kappa shape index (κ3) is 7.28. The molecule has 2 rings (SSSR count). The quantitative estimate of drug-likeness (QED) is 0.281. The van der Waals surface area contributed by atoms with Gasteiger partial charge < -0.3 is 0 Å². The molecule has 0 aromatic heterocycles. The summed E-state index contributed by atoms with van der Waals surface area (Å²) in [5.41, 5.74) is 0. The number of rotatable bonds is 10. The summed E-state index contributed by atoms with van der Waals surface area (Å²) in [7, 11) is 0. The van der Waals surface area contributed by atoms with Crippen LogP contribution in [0, 0.1) is 23.7 Å². The van der Waals surface area contributed by atoms with Crippen LogP contribution in [0.25, 0.3) is 0 Å². The highest BCUT2D eigenvalue weighted by atomic mass is 19.1. The fourth-order valence-electron chi connectivity index (χ4n) is 5.15. The number of halogens is 1. The molecule has 2 aliphatic carbocycles. The normalized spacial score (nSPS) is 31.6. The maximum Gasteiger partial charge on any atom is 0.0928 e. The molecule has 0 bridgehead atoms. The maximum atomic E-state index is 12.2. The second-order valence-corrected chi connectivity index (χ2v) is 8.56. The lowest BCUT2D eigenvalue weighted by atomic mass is 9.68. The minimum Gasteiger partial charge on any atom is -0.251 e. The molecule has 0 aliphatic heterocycles.